The average Bonchev–Trinajstić information content (AvgIpc) is 2.34. The minimum atomic E-state index is 0.578. The Hall–Kier alpha value is -1.36. The molecule has 0 atom stereocenters. The Balaban J connectivity index is 2.42. The van der Waals surface area contributed by atoms with E-state index in [0.717, 1.165) is 37.3 Å². The maximum atomic E-state index is 5.82. The molecule has 102 valence electrons. The van der Waals surface area contributed by atoms with Crippen molar-refractivity contribution in [2.75, 3.05) is 31.2 Å². The quantitative estimate of drug-likeness (QED) is 0.723. The zero-order chi connectivity index (χ0) is 13.5. The molecule has 0 aliphatic carbocycles. The third kappa shape index (κ3) is 4.14. The van der Waals surface area contributed by atoms with Crippen LogP contribution in [-0.2, 0) is 6.42 Å². The molecule has 1 aromatic heterocycles. The summed E-state index contributed by atoms with van der Waals surface area (Å²) in [7, 11) is 2.14. The van der Waals surface area contributed by atoms with Gasteiger partial charge in [0.1, 0.15) is 18.0 Å². The molecule has 0 saturated heterocycles. The van der Waals surface area contributed by atoms with Crippen molar-refractivity contribution in [3.8, 4) is 0 Å². The molecule has 0 aliphatic heterocycles. The van der Waals surface area contributed by atoms with E-state index in [-0.39, 0.29) is 0 Å². The number of nitrogens with one attached hydrogen (secondary N) is 1. The average molecular weight is 251 g/mol. The molecular weight excluding hydrogens is 226 g/mol. The Bertz CT molecular complexity index is 364. The van der Waals surface area contributed by atoms with Crippen LogP contribution in [0.25, 0.3) is 0 Å². The fourth-order valence-electron chi connectivity index (χ4n) is 1.72. The van der Waals surface area contributed by atoms with Crippen molar-refractivity contribution in [2.24, 2.45) is 0 Å². The number of nitrogens with zero attached hydrogens (tertiary/aromatic N) is 3. The van der Waals surface area contributed by atoms with Gasteiger partial charge in [-0.15, -0.1) is 0 Å². The Morgan fingerprint density at radius 2 is 2.11 bits per heavy atom. The second-order valence-electron chi connectivity index (χ2n) is 4.79. The second-order valence-corrected chi connectivity index (χ2v) is 4.79. The number of hydrogen-bond donors (Lipinski definition) is 2. The number of anilines is 2. The number of hydrogen-bond acceptors (Lipinski definition) is 5. The number of rotatable bonds is 7. The first kappa shape index (κ1) is 14.7. The number of aromatic nitrogens is 2. The van der Waals surface area contributed by atoms with Crippen molar-refractivity contribution >= 4 is 11.6 Å². The Morgan fingerprint density at radius 3 is 2.72 bits per heavy atom. The lowest BCUT2D eigenvalue weighted by molar-refractivity contribution is 0.273. The largest absolute Gasteiger partial charge is 0.383 e. The Labute approximate surface area is 110 Å². The van der Waals surface area contributed by atoms with E-state index in [0.29, 0.717) is 11.9 Å². The lowest BCUT2D eigenvalue weighted by Crippen LogP contribution is -2.28. The molecule has 0 bridgehead atoms. The molecular formula is C13H25N5. The molecule has 5 nitrogen and oxygen atoms in total. The number of nitrogens with two attached hydrogens (primary N) is 1. The molecule has 0 saturated carbocycles. The fourth-order valence-corrected chi connectivity index (χ4v) is 1.72. The predicted molar refractivity (Wildman–Crippen MR) is 76.7 cm³/mol. The Kier molecular flexibility index (Phi) is 5.85. The fraction of sp³-hybridized carbons (Fsp3) is 0.692. The molecule has 0 unspecified atom stereocenters. The van der Waals surface area contributed by atoms with Gasteiger partial charge in [0, 0.05) is 18.2 Å². The zero-order valence-electron chi connectivity index (χ0n) is 11.9. The lowest BCUT2D eigenvalue weighted by atomic mass is 10.2. The zero-order valence-corrected chi connectivity index (χ0v) is 11.9. The van der Waals surface area contributed by atoms with Crippen LogP contribution >= 0.6 is 0 Å². The van der Waals surface area contributed by atoms with Crippen LogP contribution in [0.1, 0.15) is 32.8 Å². The van der Waals surface area contributed by atoms with E-state index in [9.17, 15) is 0 Å². The highest BCUT2D eigenvalue weighted by Gasteiger charge is 2.07. The molecule has 1 aromatic rings. The third-order valence-corrected chi connectivity index (χ3v) is 3.19. The van der Waals surface area contributed by atoms with E-state index in [1.807, 2.05) is 0 Å². The van der Waals surface area contributed by atoms with Gasteiger partial charge in [0.05, 0.1) is 0 Å². The molecule has 0 amide bonds. The molecule has 0 spiro atoms. The van der Waals surface area contributed by atoms with Crippen molar-refractivity contribution < 1.29 is 0 Å². The molecule has 5 heteroatoms. The van der Waals surface area contributed by atoms with Gasteiger partial charge in [-0.3, -0.25) is 0 Å². The molecule has 0 radical (unpaired) electrons. The van der Waals surface area contributed by atoms with Gasteiger partial charge in [0.2, 0.25) is 0 Å². The van der Waals surface area contributed by atoms with Gasteiger partial charge >= 0.3 is 0 Å². The Morgan fingerprint density at radius 1 is 1.39 bits per heavy atom. The maximum Gasteiger partial charge on any atom is 0.134 e. The van der Waals surface area contributed by atoms with Crippen molar-refractivity contribution in [1.29, 1.82) is 0 Å². The van der Waals surface area contributed by atoms with Crippen LogP contribution in [-0.4, -0.2) is 41.0 Å². The molecule has 3 N–H and O–H groups in total. The molecule has 1 rings (SSSR count). The van der Waals surface area contributed by atoms with Gasteiger partial charge in [-0.2, -0.15) is 0 Å². The van der Waals surface area contributed by atoms with Gasteiger partial charge in [-0.25, -0.2) is 9.97 Å². The summed E-state index contributed by atoms with van der Waals surface area (Å²) in [4.78, 5) is 10.6. The van der Waals surface area contributed by atoms with E-state index in [1.54, 1.807) is 0 Å². The first-order chi connectivity index (χ1) is 8.56. The monoisotopic (exact) mass is 251 g/mol. The topological polar surface area (TPSA) is 67.1 Å². The standard InChI is InChI=1S/C13H25N5/c1-5-11-12(14)16-9-17-13(11)15-7-6-8-18(4)10(2)3/h9-10H,5-8H2,1-4H3,(H3,14,15,16,17). The highest BCUT2D eigenvalue weighted by atomic mass is 15.1. The molecule has 0 aromatic carbocycles. The van der Waals surface area contributed by atoms with E-state index in [4.69, 9.17) is 5.73 Å². The van der Waals surface area contributed by atoms with Gasteiger partial charge in [0.25, 0.3) is 0 Å². The van der Waals surface area contributed by atoms with Gasteiger partial charge in [0.15, 0.2) is 0 Å². The highest BCUT2D eigenvalue weighted by Crippen LogP contribution is 2.17. The van der Waals surface area contributed by atoms with E-state index >= 15 is 0 Å². The molecule has 18 heavy (non-hydrogen) atoms. The summed E-state index contributed by atoms with van der Waals surface area (Å²) in [5.74, 6) is 1.45. The summed E-state index contributed by atoms with van der Waals surface area (Å²) in [5.41, 5.74) is 6.83. The molecule has 1 heterocycles. The maximum absolute atomic E-state index is 5.82. The third-order valence-electron chi connectivity index (χ3n) is 3.19. The normalized spacial score (nSPS) is 11.2. The predicted octanol–water partition coefficient (Wildman–Crippen LogP) is 1.76. The van der Waals surface area contributed by atoms with Crippen molar-refractivity contribution in [3.63, 3.8) is 0 Å². The van der Waals surface area contributed by atoms with E-state index in [2.05, 4.69) is 48.0 Å². The van der Waals surface area contributed by atoms with Crippen LogP contribution in [0.2, 0.25) is 0 Å². The summed E-state index contributed by atoms with van der Waals surface area (Å²) in [6.45, 7) is 8.45. The van der Waals surface area contributed by atoms with Crippen molar-refractivity contribution in [2.45, 2.75) is 39.7 Å². The molecule has 0 fully saturated rings. The van der Waals surface area contributed by atoms with Crippen molar-refractivity contribution in [3.05, 3.63) is 11.9 Å². The summed E-state index contributed by atoms with van der Waals surface area (Å²) >= 11 is 0. The molecule has 0 aliphatic rings. The highest BCUT2D eigenvalue weighted by molar-refractivity contribution is 5.54. The van der Waals surface area contributed by atoms with Crippen LogP contribution in [0, 0.1) is 0 Å². The minimum Gasteiger partial charge on any atom is -0.383 e. The minimum absolute atomic E-state index is 0.578. The second kappa shape index (κ2) is 7.16. The van der Waals surface area contributed by atoms with E-state index in [1.165, 1.54) is 6.33 Å². The number of nitrogen functional groups attached to an aromatic ring is 1. The SMILES string of the molecule is CCc1c(N)ncnc1NCCCN(C)C(C)C. The lowest BCUT2D eigenvalue weighted by Gasteiger charge is -2.21. The van der Waals surface area contributed by atoms with Crippen LogP contribution in [0.4, 0.5) is 11.6 Å². The first-order valence-electron chi connectivity index (χ1n) is 6.59. The summed E-state index contributed by atoms with van der Waals surface area (Å²) in [6, 6.07) is 0.589. The van der Waals surface area contributed by atoms with Crippen LogP contribution < -0.4 is 11.1 Å². The smallest absolute Gasteiger partial charge is 0.134 e. The van der Waals surface area contributed by atoms with Gasteiger partial charge < -0.3 is 16.0 Å². The summed E-state index contributed by atoms with van der Waals surface area (Å²) in [5, 5.41) is 3.34. The van der Waals surface area contributed by atoms with Crippen molar-refractivity contribution in [1.82, 2.24) is 14.9 Å². The van der Waals surface area contributed by atoms with Crippen LogP contribution in [0.15, 0.2) is 6.33 Å². The van der Waals surface area contributed by atoms with Gasteiger partial charge in [-0.1, -0.05) is 6.92 Å². The summed E-state index contributed by atoms with van der Waals surface area (Å²) < 4.78 is 0. The van der Waals surface area contributed by atoms with Gasteiger partial charge in [-0.05, 0) is 40.3 Å². The van der Waals surface area contributed by atoms with Crippen LogP contribution in [0.3, 0.4) is 0 Å². The van der Waals surface area contributed by atoms with E-state index < -0.39 is 0 Å². The first-order valence-corrected chi connectivity index (χ1v) is 6.59. The summed E-state index contributed by atoms with van der Waals surface area (Å²) in [6.07, 6.45) is 3.44. The van der Waals surface area contributed by atoms with Crippen LogP contribution in [0.5, 0.6) is 0 Å².